The van der Waals surface area contributed by atoms with Gasteiger partial charge in [-0.15, -0.1) is 0 Å². The van der Waals surface area contributed by atoms with E-state index in [1.807, 2.05) is 6.92 Å². The van der Waals surface area contributed by atoms with Crippen molar-refractivity contribution >= 4 is 5.97 Å². The molecule has 0 aliphatic carbocycles. The van der Waals surface area contributed by atoms with Crippen molar-refractivity contribution in [3.63, 3.8) is 0 Å². The second kappa shape index (κ2) is 22.2. The zero-order valence-electron chi connectivity index (χ0n) is 20.6. The summed E-state index contributed by atoms with van der Waals surface area (Å²) in [4.78, 5) is 12.3. The summed E-state index contributed by atoms with van der Waals surface area (Å²) in [5.74, 6) is 0.669. The first-order chi connectivity index (χ1) is 14.2. The van der Waals surface area contributed by atoms with Crippen molar-refractivity contribution in [2.24, 2.45) is 11.8 Å². The van der Waals surface area contributed by atoms with Crippen molar-refractivity contribution in [3.8, 4) is 0 Å². The highest BCUT2D eigenvalue weighted by molar-refractivity contribution is 5.71. The highest BCUT2D eigenvalue weighted by Crippen LogP contribution is 2.20. The standard InChI is InChI=1S/C27H54O2/c1-5-8-11-12-13-14-15-16-17-20-23-26(22-19-10-7-3)24-29-27(28)25(4)21-18-9-6-2/h25-26H,5-24H2,1-4H3. The number of hydrogen-bond acceptors (Lipinski definition) is 2. The van der Waals surface area contributed by atoms with Crippen LogP contribution < -0.4 is 0 Å². The number of carbonyl (C=O) groups excluding carboxylic acids is 1. The molecule has 29 heavy (non-hydrogen) atoms. The molecule has 0 aliphatic rings. The number of ether oxygens (including phenoxy) is 1. The Labute approximate surface area is 184 Å². The zero-order valence-corrected chi connectivity index (χ0v) is 20.6. The van der Waals surface area contributed by atoms with Crippen LogP contribution in [0, 0.1) is 11.8 Å². The lowest BCUT2D eigenvalue weighted by Crippen LogP contribution is -2.19. The molecule has 0 fully saturated rings. The predicted molar refractivity (Wildman–Crippen MR) is 128 cm³/mol. The molecule has 0 aromatic carbocycles. The normalized spacial score (nSPS) is 13.4. The maximum absolute atomic E-state index is 12.3. The van der Waals surface area contributed by atoms with Gasteiger partial charge in [-0.1, -0.05) is 130 Å². The highest BCUT2D eigenvalue weighted by atomic mass is 16.5. The van der Waals surface area contributed by atoms with Crippen molar-refractivity contribution in [2.45, 2.75) is 150 Å². The Balaban J connectivity index is 3.93. The first-order valence-electron chi connectivity index (χ1n) is 13.3. The third-order valence-electron chi connectivity index (χ3n) is 6.29. The van der Waals surface area contributed by atoms with E-state index in [0.717, 1.165) is 12.8 Å². The Morgan fingerprint density at radius 2 is 0.966 bits per heavy atom. The molecule has 0 N–H and O–H groups in total. The van der Waals surface area contributed by atoms with Gasteiger partial charge in [0.05, 0.1) is 12.5 Å². The van der Waals surface area contributed by atoms with Gasteiger partial charge in [0.1, 0.15) is 0 Å². The molecule has 2 unspecified atom stereocenters. The van der Waals surface area contributed by atoms with Gasteiger partial charge in [0, 0.05) is 0 Å². The lowest BCUT2D eigenvalue weighted by atomic mass is 9.95. The quantitative estimate of drug-likeness (QED) is 0.131. The Morgan fingerprint density at radius 1 is 0.586 bits per heavy atom. The topological polar surface area (TPSA) is 26.3 Å². The minimum Gasteiger partial charge on any atom is -0.465 e. The van der Waals surface area contributed by atoms with E-state index in [1.54, 1.807) is 0 Å². The van der Waals surface area contributed by atoms with Gasteiger partial charge in [0.2, 0.25) is 0 Å². The summed E-state index contributed by atoms with van der Waals surface area (Å²) in [5.41, 5.74) is 0. The molecule has 174 valence electrons. The molecule has 0 rings (SSSR count). The molecule has 0 heterocycles. The molecule has 0 amide bonds. The van der Waals surface area contributed by atoms with Gasteiger partial charge in [-0.3, -0.25) is 4.79 Å². The third kappa shape index (κ3) is 19.2. The lowest BCUT2D eigenvalue weighted by Gasteiger charge is -2.19. The van der Waals surface area contributed by atoms with Crippen LogP contribution in [0.2, 0.25) is 0 Å². The van der Waals surface area contributed by atoms with E-state index in [1.165, 1.54) is 109 Å². The largest absolute Gasteiger partial charge is 0.465 e. The van der Waals surface area contributed by atoms with Gasteiger partial charge < -0.3 is 4.74 Å². The van der Waals surface area contributed by atoms with Crippen LogP contribution in [-0.2, 0) is 9.53 Å². The summed E-state index contributed by atoms with van der Waals surface area (Å²) >= 11 is 0. The molecule has 0 spiro atoms. The van der Waals surface area contributed by atoms with Crippen molar-refractivity contribution in [3.05, 3.63) is 0 Å². The molecule has 0 aromatic heterocycles. The number of hydrogen-bond donors (Lipinski definition) is 0. The minimum absolute atomic E-state index is 0.0321. The third-order valence-corrected chi connectivity index (χ3v) is 6.29. The van der Waals surface area contributed by atoms with E-state index < -0.39 is 0 Å². The van der Waals surface area contributed by atoms with Crippen LogP contribution in [0.25, 0.3) is 0 Å². The summed E-state index contributed by atoms with van der Waals surface area (Å²) < 4.78 is 5.73. The maximum Gasteiger partial charge on any atom is 0.308 e. The number of carbonyl (C=O) groups is 1. The van der Waals surface area contributed by atoms with Crippen LogP contribution in [0.1, 0.15) is 150 Å². The van der Waals surface area contributed by atoms with Crippen LogP contribution in [0.15, 0.2) is 0 Å². The fourth-order valence-electron chi connectivity index (χ4n) is 4.08. The Morgan fingerprint density at radius 3 is 1.48 bits per heavy atom. The van der Waals surface area contributed by atoms with Gasteiger partial charge in [-0.05, 0) is 25.2 Å². The molecule has 0 aromatic rings. The Kier molecular flexibility index (Phi) is 21.8. The van der Waals surface area contributed by atoms with E-state index in [4.69, 9.17) is 4.74 Å². The Hall–Kier alpha value is -0.530. The molecule has 2 atom stereocenters. The molecule has 0 aliphatic heterocycles. The van der Waals surface area contributed by atoms with Crippen LogP contribution in [0.5, 0.6) is 0 Å². The SMILES string of the molecule is CCCCCCCCCCCCC(CCCCC)COC(=O)C(C)CCCCC. The fraction of sp³-hybridized carbons (Fsp3) is 0.963. The van der Waals surface area contributed by atoms with Crippen LogP contribution >= 0.6 is 0 Å². The summed E-state index contributed by atoms with van der Waals surface area (Å²) in [7, 11) is 0. The first-order valence-corrected chi connectivity index (χ1v) is 13.3. The van der Waals surface area contributed by atoms with E-state index in [-0.39, 0.29) is 11.9 Å². The van der Waals surface area contributed by atoms with Gasteiger partial charge in [-0.2, -0.15) is 0 Å². The Bertz CT molecular complexity index is 339. The molecule has 0 radical (unpaired) electrons. The molecule has 0 bridgehead atoms. The lowest BCUT2D eigenvalue weighted by molar-refractivity contribution is -0.149. The number of esters is 1. The van der Waals surface area contributed by atoms with E-state index in [2.05, 4.69) is 20.8 Å². The smallest absolute Gasteiger partial charge is 0.308 e. The van der Waals surface area contributed by atoms with Crippen molar-refractivity contribution in [1.82, 2.24) is 0 Å². The zero-order chi connectivity index (χ0) is 21.6. The number of rotatable bonds is 22. The second-order valence-corrected chi connectivity index (χ2v) is 9.36. The second-order valence-electron chi connectivity index (χ2n) is 9.36. The number of unbranched alkanes of at least 4 members (excludes halogenated alkanes) is 13. The monoisotopic (exact) mass is 410 g/mol. The molecular formula is C27H54O2. The van der Waals surface area contributed by atoms with E-state index in [9.17, 15) is 4.79 Å². The van der Waals surface area contributed by atoms with E-state index in [0.29, 0.717) is 12.5 Å². The molecule has 2 heteroatoms. The maximum atomic E-state index is 12.3. The van der Waals surface area contributed by atoms with Crippen molar-refractivity contribution in [2.75, 3.05) is 6.61 Å². The van der Waals surface area contributed by atoms with Gasteiger partial charge >= 0.3 is 5.97 Å². The fourth-order valence-corrected chi connectivity index (χ4v) is 4.08. The molecule has 0 saturated carbocycles. The molecule has 2 nitrogen and oxygen atoms in total. The summed E-state index contributed by atoms with van der Waals surface area (Å²) in [6.07, 6.45) is 24.7. The predicted octanol–water partition coefficient (Wildman–Crippen LogP) is 9.25. The van der Waals surface area contributed by atoms with Crippen LogP contribution in [0.4, 0.5) is 0 Å². The van der Waals surface area contributed by atoms with Gasteiger partial charge in [0.15, 0.2) is 0 Å². The van der Waals surface area contributed by atoms with Gasteiger partial charge in [-0.25, -0.2) is 0 Å². The van der Waals surface area contributed by atoms with Crippen LogP contribution in [0.3, 0.4) is 0 Å². The van der Waals surface area contributed by atoms with Gasteiger partial charge in [0.25, 0.3) is 0 Å². The molecule has 0 saturated heterocycles. The average molecular weight is 411 g/mol. The minimum atomic E-state index is 0.0321. The van der Waals surface area contributed by atoms with Crippen LogP contribution in [-0.4, -0.2) is 12.6 Å². The summed E-state index contributed by atoms with van der Waals surface area (Å²) in [5, 5.41) is 0. The van der Waals surface area contributed by atoms with E-state index >= 15 is 0 Å². The summed E-state index contributed by atoms with van der Waals surface area (Å²) in [6.45, 7) is 9.43. The van der Waals surface area contributed by atoms with Crippen molar-refractivity contribution in [1.29, 1.82) is 0 Å². The van der Waals surface area contributed by atoms with Crippen molar-refractivity contribution < 1.29 is 9.53 Å². The highest BCUT2D eigenvalue weighted by Gasteiger charge is 2.17. The first kappa shape index (κ1) is 28.5. The summed E-state index contributed by atoms with van der Waals surface area (Å²) in [6, 6.07) is 0. The molecular weight excluding hydrogens is 356 g/mol. The average Bonchev–Trinajstić information content (AvgIpc) is 2.72.